The minimum absolute atomic E-state index is 0.0455. The number of nitrogens with zero attached hydrogens (tertiary/aromatic N) is 4. The van der Waals surface area contributed by atoms with Gasteiger partial charge in [-0.1, -0.05) is 11.6 Å². The molecule has 1 aliphatic heterocycles. The van der Waals surface area contributed by atoms with Gasteiger partial charge in [0.05, 0.1) is 11.6 Å². The minimum Gasteiger partial charge on any atom is -0.369 e. The van der Waals surface area contributed by atoms with Gasteiger partial charge < -0.3 is 15.5 Å². The number of hydrogen-bond donors (Lipinski definition) is 2. The fraction of sp³-hybridized carbons (Fsp3) is 0.353. The van der Waals surface area contributed by atoms with Crippen LogP contribution in [0.25, 0.3) is 0 Å². The van der Waals surface area contributed by atoms with Crippen molar-refractivity contribution in [3.05, 3.63) is 41.4 Å². The van der Waals surface area contributed by atoms with Gasteiger partial charge in [-0.05, 0) is 18.2 Å². The molecule has 138 valence electrons. The van der Waals surface area contributed by atoms with Gasteiger partial charge in [-0.25, -0.2) is 14.4 Å². The topological polar surface area (TPSA) is 73.4 Å². The first-order chi connectivity index (χ1) is 12.5. The van der Waals surface area contributed by atoms with E-state index in [1.54, 1.807) is 17.0 Å². The first-order valence-corrected chi connectivity index (χ1v) is 8.63. The number of rotatable bonds is 6. The van der Waals surface area contributed by atoms with Gasteiger partial charge in [-0.2, -0.15) is 0 Å². The molecule has 2 N–H and O–H groups in total. The van der Waals surface area contributed by atoms with Crippen LogP contribution >= 0.6 is 11.6 Å². The van der Waals surface area contributed by atoms with Crippen LogP contribution < -0.4 is 10.6 Å². The second-order valence-corrected chi connectivity index (χ2v) is 6.47. The summed E-state index contributed by atoms with van der Waals surface area (Å²) in [5.74, 6) is 0.906. The summed E-state index contributed by atoms with van der Waals surface area (Å²) in [6.07, 6.45) is 1.44. The molecule has 1 aromatic carbocycles. The van der Waals surface area contributed by atoms with Crippen molar-refractivity contribution in [3.8, 4) is 0 Å². The molecule has 0 radical (unpaired) electrons. The van der Waals surface area contributed by atoms with Gasteiger partial charge in [0, 0.05) is 45.0 Å². The molecular weight excluding hydrogens is 359 g/mol. The van der Waals surface area contributed by atoms with Crippen LogP contribution in [0.5, 0.6) is 0 Å². The highest BCUT2D eigenvalue weighted by Crippen LogP contribution is 2.22. The van der Waals surface area contributed by atoms with E-state index in [1.807, 2.05) is 7.05 Å². The second-order valence-electron chi connectivity index (χ2n) is 6.06. The molecule has 1 aromatic heterocycles. The predicted octanol–water partition coefficient (Wildman–Crippen LogP) is 2.20. The molecule has 7 nitrogen and oxygen atoms in total. The molecule has 0 unspecified atom stereocenters. The second kappa shape index (κ2) is 8.29. The summed E-state index contributed by atoms with van der Waals surface area (Å²) in [6.45, 7) is 3.47. The first-order valence-electron chi connectivity index (χ1n) is 8.25. The fourth-order valence-electron chi connectivity index (χ4n) is 2.58. The summed E-state index contributed by atoms with van der Waals surface area (Å²) in [7, 11) is 1.82. The van der Waals surface area contributed by atoms with Crippen molar-refractivity contribution in [2.75, 3.05) is 50.4 Å². The maximum atomic E-state index is 13.2. The van der Waals surface area contributed by atoms with Crippen LogP contribution in [0.4, 0.5) is 21.7 Å². The van der Waals surface area contributed by atoms with E-state index in [4.69, 9.17) is 11.6 Å². The Balaban J connectivity index is 1.52. The Morgan fingerprint density at radius 3 is 2.81 bits per heavy atom. The number of amides is 1. The van der Waals surface area contributed by atoms with E-state index in [-0.39, 0.29) is 10.9 Å². The Hall–Kier alpha value is -2.45. The number of halogens is 2. The molecule has 1 aliphatic rings. The van der Waals surface area contributed by atoms with Crippen molar-refractivity contribution in [2.24, 2.45) is 0 Å². The molecule has 0 saturated carbocycles. The molecule has 1 amide bonds. The molecule has 9 heteroatoms. The number of piperazine rings is 1. The predicted molar refractivity (Wildman–Crippen MR) is 99.3 cm³/mol. The normalized spacial score (nSPS) is 15.2. The van der Waals surface area contributed by atoms with Crippen molar-refractivity contribution in [1.82, 2.24) is 19.8 Å². The maximum absolute atomic E-state index is 13.2. The summed E-state index contributed by atoms with van der Waals surface area (Å²) in [5, 5.41) is 6.33. The van der Waals surface area contributed by atoms with Crippen LogP contribution in [0, 0.1) is 5.82 Å². The lowest BCUT2D eigenvalue weighted by Crippen LogP contribution is -2.49. The third-order valence-corrected chi connectivity index (χ3v) is 4.42. The van der Waals surface area contributed by atoms with Gasteiger partial charge in [0.2, 0.25) is 5.91 Å². The lowest BCUT2D eigenvalue weighted by Gasteiger charge is -2.31. The summed E-state index contributed by atoms with van der Waals surface area (Å²) in [5.41, 5.74) is 0.636. The van der Waals surface area contributed by atoms with E-state index in [2.05, 4.69) is 25.5 Å². The zero-order valence-electron chi connectivity index (χ0n) is 14.4. The quantitative estimate of drug-likeness (QED) is 0.802. The zero-order valence-corrected chi connectivity index (χ0v) is 15.1. The van der Waals surface area contributed by atoms with E-state index in [0.717, 1.165) is 19.6 Å². The van der Waals surface area contributed by atoms with Crippen LogP contribution in [-0.2, 0) is 4.79 Å². The highest BCUT2D eigenvalue weighted by molar-refractivity contribution is 6.31. The minimum atomic E-state index is -0.468. The monoisotopic (exact) mass is 378 g/mol. The van der Waals surface area contributed by atoms with Crippen LogP contribution in [0.1, 0.15) is 0 Å². The number of carbonyl (C=O) groups is 1. The van der Waals surface area contributed by atoms with Crippen LogP contribution in [0.15, 0.2) is 30.6 Å². The summed E-state index contributed by atoms with van der Waals surface area (Å²) in [4.78, 5) is 23.9. The molecule has 0 spiro atoms. The van der Waals surface area contributed by atoms with Crippen molar-refractivity contribution in [1.29, 1.82) is 0 Å². The van der Waals surface area contributed by atoms with E-state index >= 15 is 0 Å². The summed E-state index contributed by atoms with van der Waals surface area (Å²) in [6, 6.07) is 6.13. The summed E-state index contributed by atoms with van der Waals surface area (Å²) >= 11 is 5.78. The number of carbonyl (C=O) groups excluding carboxylic acids is 1. The Bertz CT molecular complexity index is 790. The van der Waals surface area contributed by atoms with E-state index < -0.39 is 5.82 Å². The van der Waals surface area contributed by atoms with Gasteiger partial charge >= 0.3 is 0 Å². The summed E-state index contributed by atoms with van der Waals surface area (Å²) < 4.78 is 13.2. The largest absolute Gasteiger partial charge is 0.369 e. The van der Waals surface area contributed by atoms with Gasteiger partial charge in [-0.3, -0.25) is 9.69 Å². The van der Waals surface area contributed by atoms with Crippen LogP contribution in [-0.4, -0.2) is 65.4 Å². The zero-order chi connectivity index (χ0) is 18.5. The lowest BCUT2D eigenvalue weighted by molar-refractivity contribution is -0.134. The highest BCUT2D eigenvalue weighted by Gasteiger charge is 2.20. The number of anilines is 3. The number of benzene rings is 1. The molecule has 2 aromatic rings. The van der Waals surface area contributed by atoms with Gasteiger partial charge in [0.15, 0.2) is 0 Å². The Morgan fingerprint density at radius 1 is 1.23 bits per heavy atom. The van der Waals surface area contributed by atoms with Crippen molar-refractivity contribution in [3.63, 3.8) is 0 Å². The van der Waals surface area contributed by atoms with Gasteiger partial charge in [-0.15, -0.1) is 0 Å². The molecule has 0 atom stereocenters. The smallest absolute Gasteiger partial charge is 0.236 e. The molecule has 26 heavy (non-hydrogen) atoms. The standard InChI is InChI=1S/C17H20ClFN6O/c1-24-6-7-25(10-17(24)26)5-4-20-15-9-16(22-11-21-15)23-12-2-3-14(19)13(18)8-12/h2-3,8-9,11H,4-7,10H2,1H3,(H2,20,21,22,23). The third-order valence-electron chi connectivity index (χ3n) is 4.13. The molecular formula is C17H20ClFN6O. The van der Waals surface area contributed by atoms with Crippen LogP contribution in [0.3, 0.4) is 0 Å². The fourth-order valence-corrected chi connectivity index (χ4v) is 2.76. The van der Waals surface area contributed by atoms with Crippen LogP contribution in [0.2, 0.25) is 5.02 Å². The van der Waals surface area contributed by atoms with Crippen molar-refractivity contribution < 1.29 is 9.18 Å². The maximum Gasteiger partial charge on any atom is 0.236 e. The van der Waals surface area contributed by atoms with Gasteiger partial charge in [0.1, 0.15) is 23.8 Å². The van der Waals surface area contributed by atoms with Crippen molar-refractivity contribution in [2.45, 2.75) is 0 Å². The number of hydrogen-bond acceptors (Lipinski definition) is 6. The molecule has 1 saturated heterocycles. The number of aromatic nitrogens is 2. The Labute approximate surface area is 156 Å². The molecule has 0 aliphatic carbocycles. The molecule has 1 fully saturated rings. The third kappa shape index (κ3) is 4.80. The van der Waals surface area contributed by atoms with E-state index in [0.29, 0.717) is 30.4 Å². The molecule has 3 rings (SSSR count). The van der Waals surface area contributed by atoms with E-state index in [9.17, 15) is 9.18 Å². The van der Waals surface area contributed by atoms with Gasteiger partial charge in [0.25, 0.3) is 0 Å². The average Bonchev–Trinajstić information content (AvgIpc) is 2.62. The van der Waals surface area contributed by atoms with E-state index in [1.165, 1.54) is 18.5 Å². The number of likely N-dealkylation sites (N-methyl/N-ethyl adjacent to an activating group) is 1. The Morgan fingerprint density at radius 2 is 2.04 bits per heavy atom. The van der Waals surface area contributed by atoms with Crippen molar-refractivity contribution >= 4 is 34.8 Å². The molecule has 2 heterocycles. The first kappa shape index (κ1) is 18.3. The molecule has 0 bridgehead atoms. The highest BCUT2D eigenvalue weighted by atomic mass is 35.5. The lowest BCUT2D eigenvalue weighted by atomic mass is 10.3. The SMILES string of the molecule is CN1CCN(CCNc2cc(Nc3ccc(F)c(Cl)c3)ncn2)CC1=O. The number of nitrogens with one attached hydrogen (secondary N) is 2. The Kier molecular flexibility index (Phi) is 5.85. The average molecular weight is 379 g/mol.